The molecule has 0 radical (unpaired) electrons. The molecule has 0 saturated carbocycles. The molecule has 0 bridgehead atoms. The van der Waals surface area contributed by atoms with Gasteiger partial charge >= 0.3 is 6.16 Å². The van der Waals surface area contributed by atoms with Gasteiger partial charge in [0.15, 0.2) is 0 Å². The van der Waals surface area contributed by atoms with Crippen molar-refractivity contribution in [2.24, 2.45) is 0 Å². The monoisotopic (exact) mass is 192 g/mol. The standard InChI is InChI=1S/C9H8N2O3/c1-13-9(12)14-8(5-10)7-3-2-4-11-6-7/h2-4,6,8H,1H3. The number of carbonyl (C=O) groups is 1. The van der Waals surface area contributed by atoms with E-state index in [2.05, 4.69) is 14.5 Å². The van der Waals surface area contributed by atoms with Crippen LogP contribution in [0.25, 0.3) is 0 Å². The summed E-state index contributed by atoms with van der Waals surface area (Å²) in [4.78, 5) is 14.5. The van der Waals surface area contributed by atoms with Crippen LogP contribution in [0.1, 0.15) is 11.7 Å². The summed E-state index contributed by atoms with van der Waals surface area (Å²) in [5.41, 5.74) is 0.514. The van der Waals surface area contributed by atoms with E-state index < -0.39 is 12.3 Å². The van der Waals surface area contributed by atoms with Crippen molar-refractivity contribution < 1.29 is 14.3 Å². The first-order valence-electron chi connectivity index (χ1n) is 3.82. The van der Waals surface area contributed by atoms with Crippen molar-refractivity contribution in [3.63, 3.8) is 0 Å². The maximum Gasteiger partial charge on any atom is 0.509 e. The molecule has 1 unspecified atom stereocenters. The van der Waals surface area contributed by atoms with Crippen LogP contribution in [0, 0.1) is 11.3 Å². The second-order valence-electron chi connectivity index (χ2n) is 2.37. The molecular formula is C9H8N2O3. The molecule has 1 heterocycles. The van der Waals surface area contributed by atoms with Crippen LogP contribution in [0.5, 0.6) is 0 Å². The van der Waals surface area contributed by atoms with Gasteiger partial charge in [0.1, 0.15) is 6.07 Å². The quantitative estimate of drug-likeness (QED) is 0.662. The van der Waals surface area contributed by atoms with Crippen LogP contribution in [-0.4, -0.2) is 18.2 Å². The molecule has 5 nitrogen and oxygen atoms in total. The van der Waals surface area contributed by atoms with Gasteiger partial charge in [0.2, 0.25) is 6.10 Å². The van der Waals surface area contributed by atoms with E-state index in [0.29, 0.717) is 5.56 Å². The van der Waals surface area contributed by atoms with E-state index in [1.165, 1.54) is 13.3 Å². The number of nitrogens with zero attached hydrogens (tertiary/aromatic N) is 2. The fourth-order valence-electron chi connectivity index (χ4n) is 0.844. The minimum atomic E-state index is -0.976. The van der Waals surface area contributed by atoms with Crippen molar-refractivity contribution in [3.05, 3.63) is 30.1 Å². The molecule has 5 heteroatoms. The third kappa shape index (κ3) is 2.45. The molecule has 14 heavy (non-hydrogen) atoms. The van der Waals surface area contributed by atoms with Crippen molar-refractivity contribution in [2.45, 2.75) is 6.10 Å². The Labute approximate surface area is 80.9 Å². The Morgan fingerprint density at radius 3 is 3.00 bits per heavy atom. The van der Waals surface area contributed by atoms with Gasteiger partial charge in [0.05, 0.1) is 7.11 Å². The summed E-state index contributed by atoms with van der Waals surface area (Å²) in [5, 5.41) is 8.71. The maximum atomic E-state index is 10.7. The Morgan fingerprint density at radius 2 is 2.50 bits per heavy atom. The van der Waals surface area contributed by atoms with Crippen LogP contribution in [-0.2, 0) is 9.47 Å². The van der Waals surface area contributed by atoms with E-state index >= 15 is 0 Å². The highest BCUT2D eigenvalue weighted by Gasteiger charge is 2.15. The van der Waals surface area contributed by atoms with Crippen molar-refractivity contribution in [2.75, 3.05) is 7.11 Å². The number of rotatable bonds is 2. The molecule has 72 valence electrons. The molecule has 1 aromatic rings. The molecule has 1 atom stereocenters. The molecule has 0 aliphatic carbocycles. The Balaban J connectivity index is 2.74. The summed E-state index contributed by atoms with van der Waals surface area (Å²) in [6.07, 6.45) is 1.16. The van der Waals surface area contributed by atoms with Gasteiger partial charge in [-0.3, -0.25) is 4.98 Å². The summed E-state index contributed by atoms with van der Waals surface area (Å²) in [6.45, 7) is 0. The van der Waals surface area contributed by atoms with Crippen molar-refractivity contribution in [1.29, 1.82) is 5.26 Å². The summed E-state index contributed by atoms with van der Waals surface area (Å²) in [5.74, 6) is 0. The first kappa shape index (κ1) is 9.99. The predicted molar refractivity (Wildman–Crippen MR) is 46.1 cm³/mol. The predicted octanol–water partition coefficient (Wildman–Crippen LogP) is 1.43. The topological polar surface area (TPSA) is 72.2 Å². The molecule has 0 spiro atoms. The molecule has 0 aliphatic heterocycles. The molecule has 0 aromatic carbocycles. The zero-order valence-corrected chi connectivity index (χ0v) is 7.51. The van der Waals surface area contributed by atoms with Crippen molar-refractivity contribution >= 4 is 6.16 Å². The fourth-order valence-corrected chi connectivity index (χ4v) is 0.844. The number of aromatic nitrogens is 1. The molecule has 0 N–H and O–H groups in total. The van der Waals surface area contributed by atoms with E-state index in [0.717, 1.165) is 0 Å². The van der Waals surface area contributed by atoms with E-state index in [1.54, 1.807) is 18.3 Å². The maximum absolute atomic E-state index is 10.7. The minimum absolute atomic E-state index is 0.514. The summed E-state index contributed by atoms with van der Waals surface area (Å²) < 4.78 is 8.94. The lowest BCUT2D eigenvalue weighted by atomic mass is 10.2. The molecule has 1 aromatic heterocycles. The molecule has 0 amide bonds. The van der Waals surface area contributed by atoms with Gasteiger partial charge in [0.25, 0.3) is 0 Å². The van der Waals surface area contributed by atoms with Gasteiger partial charge in [-0.05, 0) is 6.07 Å². The zero-order chi connectivity index (χ0) is 10.4. The van der Waals surface area contributed by atoms with Gasteiger partial charge in [-0.1, -0.05) is 6.07 Å². The number of ether oxygens (including phenoxy) is 2. The average molecular weight is 192 g/mol. The Morgan fingerprint density at radius 1 is 1.71 bits per heavy atom. The third-order valence-electron chi connectivity index (χ3n) is 1.49. The molecule has 0 fully saturated rings. The molecule has 0 saturated heterocycles. The fraction of sp³-hybridized carbons (Fsp3) is 0.222. The van der Waals surface area contributed by atoms with E-state index in [1.807, 2.05) is 6.07 Å². The Bertz CT molecular complexity index is 345. The number of methoxy groups -OCH3 is 1. The van der Waals surface area contributed by atoms with Crippen LogP contribution >= 0.6 is 0 Å². The van der Waals surface area contributed by atoms with E-state index in [4.69, 9.17) is 5.26 Å². The Hall–Kier alpha value is -2.09. The summed E-state index contributed by atoms with van der Waals surface area (Å²) in [7, 11) is 1.18. The third-order valence-corrected chi connectivity index (χ3v) is 1.49. The van der Waals surface area contributed by atoms with Crippen LogP contribution in [0.4, 0.5) is 4.79 Å². The average Bonchev–Trinajstić information content (AvgIpc) is 2.26. The second kappa shape index (κ2) is 4.82. The lowest BCUT2D eigenvalue weighted by Gasteiger charge is -2.08. The number of hydrogen-bond donors (Lipinski definition) is 0. The number of nitriles is 1. The van der Waals surface area contributed by atoms with Crippen LogP contribution < -0.4 is 0 Å². The number of carbonyl (C=O) groups excluding carboxylic acids is 1. The first-order chi connectivity index (χ1) is 6.77. The van der Waals surface area contributed by atoms with E-state index in [-0.39, 0.29) is 0 Å². The Kier molecular flexibility index (Phi) is 3.44. The van der Waals surface area contributed by atoms with Crippen molar-refractivity contribution in [1.82, 2.24) is 4.98 Å². The summed E-state index contributed by atoms with van der Waals surface area (Å²) in [6, 6.07) is 5.12. The normalized spacial score (nSPS) is 11.1. The zero-order valence-electron chi connectivity index (χ0n) is 7.51. The lowest BCUT2D eigenvalue weighted by Crippen LogP contribution is -2.09. The van der Waals surface area contributed by atoms with E-state index in [9.17, 15) is 4.79 Å². The lowest BCUT2D eigenvalue weighted by molar-refractivity contribution is 0.0543. The highest BCUT2D eigenvalue weighted by molar-refractivity contribution is 5.60. The van der Waals surface area contributed by atoms with Gasteiger partial charge in [-0.2, -0.15) is 5.26 Å². The van der Waals surface area contributed by atoms with Crippen molar-refractivity contribution in [3.8, 4) is 6.07 Å². The van der Waals surface area contributed by atoms with Crippen LogP contribution in [0.15, 0.2) is 24.5 Å². The first-order valence-corrected chi connectivity index (χ1v) is 3.82. The van der Waals surface area contributed by atoms with Gasteiger partial charge in [-0.25, -0.2) is 4.79 Å². The molecule has 1 rings (SSSR count). The molecular weight excluding hydrogens is 184 g/mol. The van der Waals surface area contributed by atoms with Gasteiger partial charge in [-0.15, -0.1) is 0 Å². The van der Waals surface area contributed by atoms with Crippen LogP contribution in [0.2, 0.25) is 0 Å². The highest BCUT2D eigenvalue weighted by Crippen LogP contribution is 2.15. The highest BCUT2D eigenvalue weighted by atomic mass is 16.7. The smallest absolute Gasteiger partial charge is 0.438 e. The van der Waals surface area contributed by atoms with Crippen LogP contribution in [0.3, 0.4) is 0 Å². The minimum Gasteiger partial charge on any atom is -0.438 e. The van der Waals surface area contributed by atoms with Gasteiger partial charge < -0.3 is 9.47 Å². The molecule has 0 aliphatic rings. The number of hydrogen-bond acceptors (Lipinski definition) is 5. The number of pyridine rings is 1. The summed E-state index contributed by atoms with van der Waals surface area (Å²) >= 11 is 0. The largest absolute Gasteiger partial charge is 0.509 e. The van der Waals surface area contributed by atoms with Gasteiger partial charge in [0, 0.05) is 18.0 Å². The SMILES string of the molecule is COC(=O)OC(C#N)c1cccnc1. The second-order valence-corrected chi connectivity index (χ2v) is 2.37.